The minimum atomic E-state index is 0.0636. The minimum Gasteiger partial charge on any atom is -0.460 e. The first-order valence-corrected chi connectivity index (χ1v) is 7.74. The predicted molar refractivity (Wildman–Crippen MR) is 86.2 cm³/mol. The lowest BCUT2D eigenvalue weighted by atomic mass is 10.1. The summed E-state index contributed by atoms with van der Waals surface area (Å²) in [7, 11) is 0. The van der Waals surface area contributed by atoms with Crippen LogP contribution in [-0.2, 0) is 11.3 Å². The average molecular weight is 354 g/mol. The molecule has 0 saturated heterocycles. The Hall–Kier alpha value is -1.14. The van der Waals surface area contributed by atoms with Gasteiger partial charge in [0.25, 0.3) is 0 Å². The van der Waals surface area contributed by atoms with Crippen LogP contribution in [0.5, 0.6) is 0 Å². The van der Waals surface area contributed by atoms with Crippen molar-refractivity contribution in [3.8, 4) is 11.3 Å². The van der Waals surface area contributed by atoms with Gasteiger partial charge in [0.1, 0.15) is 11.5 Å². The molecule has 2 aromatic rings. The average Bonchev–Trinajstić information content (AvgIpc) is 2.94. The zero-order valence-electron chi connectivity index (χ0n) is 12.1. The van der Waals surface area contributed by atoms with E-state index in [1.807, 2.05) is 24.3 Å². The van der Waals surface area contributed by atoms with Gasteiger partial charge in [0.2, 0.25) is 0 Å². The molecule has 0 fully saturated rings. The first kappa shape index (κ1) is 16.2. The molecule has 2 N–H and O–H groups in total. The van der Waals surface area contributed by atoms with Crippen LogP contribution >= 0.6 is 15.9 Å². The summed E-state index contributed by atoms with van der Waals surface area (Å²) in [5.74, 6) is 1.77. The number of furan rings is 1. The maximum atomic E-state index is 8.59. The van der Waals surface area contributed by atoms with Crippen LogP contribution in [0.2, 0.25) is 0 Å². The molecule has 0 radical (unpaired) electrons. The number of aliphatic hydroxyl groups excluding tert-OH is 1. The Balaban J connectivity index is 1.85. The number of rotatable bonds is 8. The van der Waals surface area contributed by atoms with E-state index < -0.39 is 0 Å². The highest BCUT2D eigenvalue weighted by molar-refractivity contribution is 9.10. The fourth-order valence-electron chi connectivity index (χ4n) is 1.95. The van der Waals surface area contributed by atoms with E-state index in [1.165, 1.54) is 5.56 Å². The number of aryl methyl sites for hydroxylation is 1. The molecule has 0 amide bonds. The monoisotopic (exact) mass is 353 g/mol. The van der Waals surface area contributed by atoms with E-state index in [0.29, 0.717) is 19.8 Å². The van der Waals surface area contributed by atoms with Gasteiger partial charge in [-0.2, -0.15) is 0 Å². The van der Waals surface area contributed by atoms with Gasteiger partial charge in [0, 0.05) is 16.6 Å². The van der Waals surface area contributed by atoms with Gasteiger partial charge in [0.15, 0.2) is 0 Å². The lowest BCUT2D eigenvalue weighted by molar-refractivity contribution is 0.0936. The Morgan fingerprint density at radius 3 is 2.86 bits per heavy atom. The van der Waals surface area contributed by atoms with Gasteiger partial charge in [-0.05, 0) is 36.8 Å². The summed E-state index contributed by atoms with van der Waals surface area (Å²) < 4.78 is 12.1. The van der Waals surface area contributed by atoms with E-state index >= 15 is 0 Å². The fourth-order valence-corrected chi connectivity index (χ4v) is 2.20. The first-order valence-electron chi connectivity index (χ1n) is 6.95. The number of halogens is 1. The third kappa shape index (κ3) is 4.97. The second-order valence-electron chi connectivity index (χ2n) is 4.74. The zero-order chi connectivity index (χ0) is 15.1. The number of aliphatic hydroxyl groups is 1. The standard InChI is InChI=1S/C16H20BrNO3/c1-12-10-13(2-4-15(12)17)16-5-3-14(21-16)11-18-6-8-20-9-7-19/h2-5,10,18-19H,6-9,11H2,1H3. The third-order valence-electron chi connectivity index (χ3n) is 3.06. The van der Waals surface area contributed by atoms with Crippen molar-refractivity contribution in [1.29, 1.82) is 0 Å². The predicted octanol–water partition coefficient (Wildman–Crippen LogP) is 3.12. The second kappa shape index (κ2) is 8.34. The highest BCUT2D eigenvalue weighted by Gasteiger charge is 2.06. The largest absolute Gasteiger partial charge is 0.460 e. The Bertz CT molecular complexity index is 568. The van der Waals surface area contributed by atoms with Gasteiger partial charge in [0.05, 0.1) is 26.4 Å². The van der Waals surface area contributed by atoms with E-state index in [9.17, 15) is 0 Å². The van der Waals surface area contributed by atoms with Crippen LogP contribution < -0.4 is 5.32 Å². The van der Waals surface area contributed by atoms with Gasteiger partial charge in [-0.1, -0.05) is 22.0 Å². The molecule has 21 heavy (non-hydrogen) atoms. The summed E-state index contributed by atoms with van der Waals surface area (Å²) in [6.07, 6.45) is 0. The summed E-state index contributed by atoms with van der Waals surface area (Å²) in [6.45, 7) is 4.49. The lowest BCUT2D eigenvalue weighted by Crippen LogP contribution is -2.19. The minimum absolute atomic E-state index is 0.0636. The van der Waals surface area contributed by atoms with Crippen molar-refractivity contribution in [1.82, 2.24) is 5.32 Å². The molecule has 1 aromatic heterocycles. The van der Waals surface area contributed by atoms with Crippen molar-refractivity contribution >= 4 is 15.9 Å². The van der Waals surface area contributed by atoms with E-state index in [2.05, 4.69) is 34.2 Å². The quantitative estimate of drug-likeness (QED) is 0.716. The zero-order valence-corrected chi connectivity index (χ0v) is 13.6. The van der Waals surface area contributed by atoms with E-state index in [-0.39, 0.29) is 6.61 Å². The Morgan fingerprint density at radius 1 is 1.24 bits per heavy atom. The van der Waals surface area contributed by atoms with Crippen LogP contribution in [0.3, 0.4) is 0 Å². The molecule has 0 aliphatic carbocycles. The topological polar surface area (TPSA) is 54.6 Å². The van der Waals surface area contributed by atoms with Crippen LogP contribution in [-0.4, -0.2) is 31.5 Å². The molecule has 0 aliphatic rings. The summed E-state index contributed by atoms with van der Waals surface area (Å²) in [6, 6.07) is 10.1. The van der Waals surface area contributed by atoms with Crippen LogP contribution in [0.15, 0.2) is 39.2 Å². The van der Waals surface area contributed by atoms with E-state index in [0.717, 1.165) is 28.1 Å². The smallest absolute Gasteiger partial charge is 0.134 e. The SMILES string of the molecule is Cc1cc(-c2ccc(CNCCOCCO)o2)ccc1Br. The highest BCUT2D eigenvalue weighted by atomic mass is 79.9. The Kier molecular flexibility index (Phi) is 6.45. The van der Waals surface area contributed by atoms with Crippen LogP contribution in [0.25, 0.3) is 11.3 Å². The number of ether oxygens (including phenoxy) is 1. The molecule has 0 unspecified atom stereocenters. The van der Waals surface area contributed by atoms with E-state index in [4.69, 9.17) is 14.3 Å². The van der Waals surface area contributed by atoms with Gasteiger partial charge in [-0.15, -0.1) is 0 Å². The van der Waals surface area contributed by atoms with Crippen LogP contribution in [0, 0.1) is 6.92 Å². The molecule has 2 rings (SSSR count). The first-order chi connectivity index (χ1) is 10.2. The third-order valence-corrected chi connectivity index (χ3v) is 3.95. The van der Waals surface area contributed by atoms with Gasteiger partial charge >= 0.3 is 0 Å². The summed E-state index contributed by atoms with van der Waals surface area (Å²) in [5, 5.41) is 11.8. The summed E-state index contributed by atoms with van der Waals surface area (Å²) in [5.41, 5.74) is 2.26. The van der Waals surface area contributed by atoms with E-state index in [1.54, 1.807) is 0 Å². The molecule has 0 saturated carbocycles. The maximum absolute atomic E-state index is 8.59. The molecule has 1 heterocycles. The highest BCUT2D eigenvalue weighted by Crippen LogP contribution is 2.26. The number of hydrogen-bond donors (Lipinski definition) is 2. The van der Waals surface area contributed by atoms with Gasteiger partial charge in [-0.3, -0.25) is 0 Å². The van der Waals surface area contributed by atoms with Crippen molar-refractivity contribution in [3.05, 3.63) is 46.1 Å². The van der Waals surface area contributed by atoms with Crippen molar-refractivity contribution < 1.29 is 14.3 Å². The molecule has 0 atom stereocenters. The second-order valence-corrected chi connectivity index (χ2v) is 5.60. The molecule has 0 bridgehead atoms. The molecular weight excluding hydrogens is 334 g/mol. The number of benzene rings is 1. The van der Waals surface area contributed by atoms with Crippen LogP contribution in [0.4, 0.5) is 0 Å². The maximum Gasteiger partial charge on any atom is 0.134 e. The lowest BCUT2D eigenvalue weighted by Gasteiger charge is -2.04. The van der Waals surface area contributed by atoms with Gasteiger partial charge in [-0.25, -0.2) is 0 Å². The molecule has 0 aliphatic heterocycles. The molecule has 4 nitrogen and oxygen atoms in total. The van der Waals surface area contributed by atoms with Gasteiger partial charge < -0.3 is 19.6 Å². The fraction of sp³-hybridized carbons (Fsp3) is 0.375. The number of nitrogens with one attached hydrogen (secondary N) is 1. The van der Waals surface area contributed by atoms with Crippen molar-refractivity contribution in [2.45, 2.75) is 13.5 Å². The molecule has 5 heteroatoms. The number of hydrogen-bond acceptors (Lipinski definition) is 4. The molecule has 0 spiro atoms. The van der Waals surface area contributed by atoms with Crippen LogP contribution in [0.1, 0.15) is 11.3 Å². The molecule has 114 valence electrons. The Labute approximate surface area is 133 Å². The van der Waals surface area contributed by atoms with Crippen molar-refractivity contribution in [3.63, 3.8) is 0 Å². The van der Waals surface area contributed by atoms with Crippen molar-refractivity contribution in [2.24, 2.45) is 0 Å². The Morgan fingerprint density at radius 2 is 2.10 bits per heavy atom. The summed E-state index contributed by atoms with van der Waals surface area (Å²) in [4.78, 5) is 0. The molecule has 1 aromatic carbocycles. The molecular formula is C16H20BrNO3. The van der Waals surface area contributed by atoms with Crippen molar-refractivity contribution in [2.75, 3.05) is 26.4 Å². The normalized spacial score (nSPS) is 11.0. The summed E-state index contributed by atoms with van der Waals surface area (Å²) >= 11 is 3.50.